The molecule has 2 aliphatic rings. The SMILES string of the molecule is CCOc1ccc(C(=O)N[C@@H]2C[C@H]3CC[C@H]2C3)cc1. The van der Waals surface area contributed by atoms with Crippen LogP contribution in [0.4, 0.5) is 0 Å². The molecule has 0 heterocycles. The molecule has 1 N–H and O–H groups in total. The summed E-state index contributed by atoms with van der Waals surface area (Å²) in [4.78, 5) is 12.2. The van der Waals surface area contributed by atoms with E-state index >= 15 is 0 Å². The van der Waals surface area contributed by atoms with Crippen molar-refractivity contribution in [2.24, 2.45) is 11.8 Å². The van der Waals surface area contributed by atoms with Gasteiger partial charge in [0, 0.05) is 11.6 Å². The van der Waals surface area contributed by atoms with Crippen LogP contribution in [0, 0.1) is 11.8 Å². The third kappa shape index (κ3) is 2.60. The second kappa shape index (κ2) is 5.24. The van der Waals surface area contributed by atoms with Crippen LogP contribution >= 0.6 is 0 Å². The summed E-state index contributed by atoms with van der Waals surface area (Å²) < 4.78 is 5.38. The Bertz CT molecular complexity index is 454. The van der Waals surface area contributed by atoms with E-state index in [0.717, 1.165) is 23.1 Å². The van der Waals surface area contributed by atoms with Gasteiger partial charge in [0.1, 0.15) is 5.75 Å². The van der Waals surface area contributed by atoms with Gasteiger partial charge in [0.05, 0.1) is 6.61 Å². The molecule has 2 saturated carbocycles. The van der Waals surface area contributed by atoms with Crippen molar-refractivity contribution in [2.45, 2.75) is 38.6 Å². The first-order chi connectivity index (χ1) is 9.26. The molecule has 0 aliphatic heterocycles. The van der Waals surface area contributed by atoms with Crippen LogP contribution in [-0.4, -0.2) is 18.6 Å². The maximum Gasteiger partial charge on any atom is 0.251 e. The van der Waals surface area contributed by atoms with Crippen molar-refractivity contribution in [1.29, 1.82) is 0 Å². The lowest BCUT2D eigenvalue weighted by atomic mass is 9.95. The molecule has 3 rings (SSSR count). The highest BCUT2D eigenvalue weighted by molar-refractivity contribution is 5.94. The quantitative estimate of drug-likeness (QED) is 0.902. The molecule has 1 aromatic rings. The molecule has 3 nitrogen and oxygen atoms in total. The van der Waals surface area contributed by atoms with Crippen LogP contribution in [0.25, 0.3) is 0 Å². The number of hydrogen-bond acceptors (Lipinski definition) is 2. The van der Waals surface area contributed by atoms with E-state index in [1.807, 2.05) is 31.2 Å². The summed E-state index contributed by atoms with van der Waals surface area (Å²) in [5.41, 5.74) is 0.728. The fourth-order valence-electron chi connectivity index (χ4n) is 3.54. The van der Waals surface area contributed by atoms with E-state index in [0.29, 0.717) is 12.6 Å². The van der Waals surface area contributed by atoms with E-state index in [9.17, 15) is 4.79 Å². The Kier molecular flexibility index (Phi) is 3.45. The molecule has 0 spiro atoms. The van der Waals surface area contributed by atoms with Crippen molar-refractivity contribution in [1.82, 2.24) is 5.32 Å². The van der Waals surface area contributed by atoms with Crippen molar-refractivity contribution < 1.29 is 9.53 Å². The molecular formula is C16H21NO2. The molecule has 0 aromatic heterocycles. The van der Waals surface area contributed by atoms with Crippen molar-refractivity contribution in [2.75, 3.05) is 6.61 Å². The summed E-state index contributed by atoms with van der Waals surface area (Å²) >= 11 is 0. The van der Waals surface area contributed by atoms with Gasteiger partial charge >= 0.3 is 0 Å². The lowest BCUT2D eigenvalue weighted by Crippen LogP contribution is -2.38. The number of carbonyl (C=O) groups excluding carboxylic acids is 1. The first kappa shape index (κ1) is 12.5. The average molecular weight is 259 g/mol. The lowest BCUT2D eigenvalue weighted by molar-refractivity contribution is 0.0923. The van der Waals surface area contributed by atoms with E-state index in [1.54, 1.807) is 0 Å². The molecule has 1 amide bonds. The summed E-state index contributed by atoms with van der Waals surface area (Å²) in [6, 6.07) is 7.80. The molecule has 2 fully saturated rings. The Balaban J connectivity index is 1.60. The van der Waals surface area contributed by atoms with Crippen LogP contribution in [0.5, 0.6) is 5.75 Å². The lowest BCUT2D eigenvalue weighted by Gasteiger charge is -2.22. The molecule has 2 aliphatic carbocycles. The monoisotopic (exact) mass is 259 g/mol. The minimum Gasteiger partial charge on any atom is -0.494 e. The van der Waals surface area contributed by atoms with Crippen LogP contribution in [0.1, 0.15) is 43.0 Å². The van der Waals surface area contributed by atoms with Crippen molar-refractivity contribution >= 4 is 5.91 Å². The zero-order chi connectivity index (χ0) is 13.2. The highest BCUT2D eigenvalue weighted by Crippen LogP contribution is 2.44. The topological polar surface area (TPSA) is 38.3 Å². The molecule has 102 valence electrons. The Hall–Kier alpha value is -1.51. The Labute approximate surface area is 114 Å². The normalized spacial score (nSPS) is 28.4. The number of amides is 1. The third-order valence-electron chi connectivity index (χ3n) is 4.48. The van der Waals surface area contributed by atoms with E-state index in [1.165, 1.54) is 25.7 Å². The fourth-order valence-corrected chi connectivity index (χ4v) is 3.54. The second-order valence-corrected chi connectivity index (χ2v) is 5.71. The smallest absolute Gasteiger partial charge is 0.251 e. The number of fused-ring (bicyclic) bond motifs is 2. The second-order valence-electron chi connectivity index (χ2n) is 5.71. The van der Waals surface area contributed by atoms with Crippen molar-refractivity contribution in [3.05, 3.63) is 29.8 Å². The van der Waals surface area contributed by atoms with Gasteiger partial charge in [-0.1, -0.05) is 6.42 Å². The van der Waals surface area contributed by atoms with Crippen LogP contribution in [-0.2, 0) is 0 Å². The predicted octanol–water partition coefficient (Wildman–Crippen LogP) is 3.00. The van der Waals surface area contributed by atoms with E-state index < -0.39 is 0 Å². The van der Waals surface area contributed by atoms with Gasteiger partial charge in [0.15, 0.2) is 0 Å². The fraction of sp³-hybridized carbons (Fsp3) is 0.562. The zero-order valence-electron chi connectivity index (χ0n) is 11.4. The van der Waals surface area contributed by atoms with Crippen LogP contribution < -0.4 is 10.1 Å². The van der Waals surface area contributed by atoms with Gasteiger partial charge in [0.2, 0.25) is 0 Å². The summed E-state index contributed by atoms with van der Waals surface area (Å²) in [6.45, 7) is 2.60. The molecule has 0 saturated heterocycles. The number of benzene rings is 1. The average Bonchev–Trinajstić information content (AvgIpc) is 3.02. The van der Waals surface area contributed by atoms with Crippen LogP contribution in [0.3, 0.4) is 0 Å². The Morgan fingerprint density at radius 3 is 2.63 bits per heavy atom. The van der Waals surface area contributed by atoms with Gasteiger partial charge in [-0.05, 0) is 62.3 Å². The molecule has 0 unspecified atom stereocenters. The number of carbonyl (C=O) groups is 1. The standard InChI is InChI=1S/C16H21NO2/c1-2-19-14-7-5-12(6-8-14)16(18)17-15-10-11-3-4-13(15)9-11/h5-8,11,13,15H,2-4,9-10H2,1H3,(H,17,18)/t11-,13-,15+/m0/s1. The molecule has 0 radical (unpaired) electrons. The maximum absolute atomic E-state index is 12.2. The van der Waals surface area contributed by atoms with Gasteiger partial charge in [-0.2, -0.15) is 0 Å². The number of hydrogen-bond donors (Lipinski definition) is 1. The Morgan fingerprint density at radius 1 is 1.26 bits per heavy atom. The first-order valence-electron chi connectivity index (χ1n) is 7.30. The highest BCUT2D eigenvalue weighted by atomic mass is 16.5. The minimum atomic E-state index is 0.0561. The Morgan fingerprint density at radius 2 is 2.05 bits per heavy atom. The molecule has 19 heavy (non-hydrogen) atoms. The number of rotatable bonds is 4. The van der Waals surface area contributed by atoms with Crippen molar-refractivity contribution in [3.63, 3.8) is 0 Å². The van der Waals surface area contributed by atoms with E-state index in [-0.39, 0.29) is 5.91 Å². The molecule has 2 bridgehead atoms. The molecule has 1 aromatic carbocycles. The van der Waals surface area contributed by atoms with Gasteiger partial charge in [-0.25, -0.2) is 0 Å². The molecule has 3 atom stereocenters. The van der Waals surface area contributed by atoms with E-state index in [4.69, 9.17) is 4.74 Å². The predicted molar refractivity (Wildman–Crippen MR) is 74.3 cm³/mol. The minimum absolute atomic E-state index is 0.0561. The summed E-state index contributed by atoms with van der Waals surface area (Å²) in [5.74, 6) is 2.45. The number of ether oxygens (including phenoxy) is 1. The van der Waals surface area contributed by atoms with Gasteiger partial charge < -0.3 is 10.1 Å². The van der Waals surface area contributed by atoms with Gasteiger partial charge in [-0.3, -0.25) is 4.79 Å². The molecular weight excluding hydrogens is 238 g/mol. The first-order valence-corrected chi connectivity index (χ1v) is 7.30. The van der Waals surface area contributed by atoms with Gasteiger partial charge in [-0.15, -0.1) is 0 Å². The van der Waals surface area contributed by atoms with Crippen molar-refractivity contribution in [3.8, 4) is 5.75 Å². The van der Waals surface area contributed by atoms with Crippen LogP contribution in [0.2, 0.25) is 0 Å². The largest absolute Gasteiger partial charge is 0.494 e. The van der Waals surface area contributed by atoms with Crippen LogP contribution in [0.15, 0.2) is 24.3 Å². The summed E-state index contributed by atoms with van der Waals surface area (Å²) in [7, 11) is 0. The maximum atomic E-state index is 12.2. The number of nitrogens with one attached hydrogen (secondary N) is 1. The summed E-state index contributed by atoms with van der Waals surface area (Å²) in [6.07, 6.45) is 5.14. The highest BCUT2D eigenvalue weighted by Gasteiger charge is 2.40. The molecule has 3 heteroatoms. The zero-order valence-corrected chi connectivity index (χ0v) is 11.4. The van der Waals surface area contributed by atoms with E-state index in [2.05, 4.69) is 5.32 Å². The van der Waals surface area contributed by atoms with Gasteiger partial charge in [0.25, 0.3) is 5.91 Å². The summed E-state index contributed by atoms with van der Waals surface area (Å²) in [5, 5.41) is 3.20. The third-order valence-corrected chi connectivity index (χ3v) is 4.48.